The van der Waals surface area contributed by atoms with E-state index in [2.05, 4.69) is 21.2 Å². The van der Waals surface area contributed by atoms with Crippen LogP contribution in [0.25, 0.3) is 0 Å². The van der Waals surface area contributed by atoms with Crippen molar-refractivity contribution in [1.82, 2.24) is 5.32 Å². The lowest BCUT2D eigenvalue weighted by atomic mass is 9.99. The Morgan fingerprint density at radius 2 is 2.09 bits per heavy atom. The van der Waals surface area contributed by atoms with Gasteiger partial charge in [0, 0.05) is 6.42 Å². The fourth-order valence-corrected chi connectivity index (χ4v) is 2.64. The molecule has 0 bridgehead atoms. The van der Waals surface area contributed by atoms with Crippen LogP contribution in [0.5, 0.6) is 5.75 Å². The van der Waals surface area contributed by atoms with Crippen LogP contribution in [-0.2, 0) is 16.0 Å². The summed E-state index contributed by atoms with van der Waals surface area (Å²) in [5, 5.41) is 11.8. The molecule has 0 fully saturated rings. The first-order valence-electron chi connectivity index (χ1n) is 7.23. The lowest BCUT2D eigenvalue weighted by Crippen LogP contribution is -2.45. The van der Waals surface area contributed by atoms with Crippen molar-refractivity contribution in [3.8, 4) is 5.75 Å². The largest absolute Gasteiger partial charge is 0.496 e. The van der Waals surface area contributed by atoms with Crippen molar-refractivity contribution >= 4 is 27.8 Å². The summed E-state index contributed by atoms with van der Waals surface area (Å²) in [7, 11) is 1.59. The van der Waals surface area contributed by atoms with Gasteiger partial charge in [-0.25, -0.2) is 4.79 Å². The summed E-state index contributed by atoms with van der Waals surface area (Å²) in [6, 6.07) is 4.78. The van der Waals surface area contributed by atoms with Crippen LogP contribution >= 0.6 is 15.9 Å². The highest BCUT2D eigenvalue weighted by atomic mass is 79.9. The number of halogens is 1. The number of carboxylic acid groups (broad SMARTS) is 1. The third-order valence-electron chi connectivity index (χ3n) is 3.65. The van der Waals surface area contributed by atoms with Gasteiger partial charge in [0.15, 0.2) is 0 Å². The number of amides is 1. The molecule has 1 rings (SSSR count). The molecule has 0 saturated carbocycles. The highest BCUT2D eigenvalue weighted by Crippen LogP contribution is 2.25. The molecule has 0 radical (unpaired) electrons. The summed E-state index contributed by atoms with van der Waals surface area (Å²) in [5.41, 5.74) is 0.984. The van der Waals surface area contributed by atoms with E-state index in [0.717, 1.165) is 15.8 Å². The highest BCUT2D eigenvalue weighted by molar-refractivity contribution is 9.10. The number of aryl methyl sites for hydroxylation is 1. The van der Waals surface area contributed by atoms with Crippen molar-refractivity contribution in [3.05, 3.63) is 28.2 Å². The first-order valence-corrected chi connectivity index (χ1v) is 8.02. The molecule has 2 atom stereocenters. The third-order valence-corrected chi connectivity index (χ3v) is 4.27. The van der Waals surface area contributed by atoms with Crippen LogP contribution in [0.2, 0.25) is 0 Å². The van der Waals surface area contributed by atoms with E-state index >= 15 is 0 Å². The minimum Gasteiger partial charge on any atom is -0.496 e. The standard InChI is InChI=1S/C16H22BrNO4/c1-4-10(2)15(16(20)21)18-14(19)8-6-11-5-7-13(22-3)12(17)9-11/h5,7,9-10,15H,4,6,8H2,1-3H3,(H,18,19)(H,20,21). The highest BCUT2D eigenvalue weighted by Gasteiger charge is 2.24. The van der Waals surface area contributed by atoms with Gasteiger partial charge < -0.3 is 15.2 Å². The van der Waals surface area contributed by atoms with Crippen LogP contribution in [0.3, 0.4) is 0 Å². The van der Waals surface area contributed by atoms with Crippen LogP contribution in [0, 0.1) is 5.92 Å². The average Bonchev–Trinajstić information content (AvgIpc) is 2.49. The van der Waals surface area contributed by atoms with E-state index in [1.807, 2.05) is 32.0 Å². The minimum atomic E-state index is -0.991. The number of carbonyl (C=O) groups is 2. The number of methoxy groups -OCH3 is 1. The van der Waals surface area contributed by atoms with Gasteiger partial charge in [-0.3, -0.25) is 4.79 Å². The van der Waals surface area contributed by atoms with Crippen LogP contribution < -0.4 is 10.1 Å². The summed E-state index contributed by atoms with van der Waals surface area (Å²) < 4.78 is 5.98. The Morgan fingerprint density at radius 1 is 1.41 bits per heavy atom. The molecule has 0 aliphatic heterocycles. The van der Waals surface area contributed by atoms with E-state index in [9.17, 15) is 9.59 Å². The maximum atomic E-state index is 11.9. The SMILES string of the molecule is CCC(C)C(NC(=O)CCc1ccc(OC)c(Br)c1)C(=O)O. The molecule has 22 heavy (non-hydrogen) atoms. The van der Waals surface area contributed by atoms with E-state index in [4.69, 9.17) is 9.84 Å². The Labute approximate surface area is 139 Å². The quantitative estimate of drug-likeness (QED) is 0.736. The zero-order valence-electron chi connectivity index (χ0n) is 13.1. The van der Waals surface area contributed by atoms with Crippen LogP contribution in [0.4, 0.5) is 0 Å². The Hall–Kier alpha value is -1.56. The van der Waals surface area contributed by atoms with Gasteiger partial charge in [-0.05, 0) is 46.0 Å². The molecular formula is C16H22BrNO4. The van der Waals surface area contributed by atoms with E-state index in [0.29, 0.717) is 12.8 Å². The van der Waals surface area contributed by atoms with E-state index in [-0.39, 0.29) is 18.2 Å². The van der Waals surface area contributed by atoms with Crippen LogP contribution in [0.15, 0.2) is 22.7 Å². The van der Waals surface area contributed by atoms with E-state index < -0.39 is 12.0 Å². The number of carboxylic acids is 1. The Balaban J connectivity index is 2.58. The molecule has 1 amide bonds. The minimum absolute atomic E-state index is 0.100. The molecule has 2 N–H and O–H groups in total. The molecule has 0 spiro atoms. The average molecular weight is 372 g/mol. The molecule has 5 nitrogen and oxygen atoms in total. The number of hydrogen-bond donors (Lipinski definition) is 2. The predicted octanol–water partition coefficient (Wildman–Crippen LogP) is 3.01. The van der Waals surface area contributed by atoms with Gasteiger partial charge in [0.1, 0.15) is 11.8 Å². The van der Waals surface area contributed by atoms with Crippen molar-refractivity contribution in [3.63, 3.8) is 0 Å². The monoisotopic (exact) mass is 371 g/mol. The summed E-state index contributed by atoms with van der Waals surface area (Å²) in [6.07, 6.45) is 1.49. The molecule has 1 aromatic carbocycles. The molecule has 0 aliphatic rings. The predicted molar refractivity (Wildman–Crippen MR) is 88.0 cm³/mol. The van der Waals surface area contributed by atoms with Gasteiger partial charge >= 0.3 is 5.97 Å². The number of nitrogens with one attached hydrogen (secondary N) is 1. The second kappa shape index (κ2) is 8.78. The molecule has 2 unspecified atom stereocenters. The molecular weight excluding hydrogens is 350 g/mol. The molecule has 1 aromatic rings. The van der Waals surface area contributed by atoms with Gasteiger partial charge in [-0.2, -0.15) is 0 Å². The smallest absolute Gasteiger partial charge is 0.326 e. The van der Waals surface area contributed by atoms with Crippen molar-refractivity contribution in [1.29, 1.82) is 0 Å². The molecule has 0 heterocycles. The number of rotatable bonds is 8. The van der Waals surface area contributed by atoms with E-state index in [1.54, 1.807) is 7.11 Å². The van der Waals surface area contributed by atoms with Gasteiger partial charge in [0.05, 0.1) is 11.6 Å². The topological polar surface area (TPSA) is 75.6 Å². The van der Waals surface area contributed by atoms with Gasteiger partial charge in [-0.1, -0.05) is 26.3 Å². The lowest BCUT2D eigenvalue weighted by Gasteiger charge is -2.20. The lowest BCUT2D eigenvalue weighted by molar-refractivity contribution is -0.143. The zero-order valence-corrected chi connectivity index (χ0v) is 14.6. The maximum Gasteiger partial charge on any atom is 0.326 e. The molecule has 0 saturated heterocycles. The number of ether oxygens (including phenoxy) is 1. The van der Waals surface area contributed by atoms with Crippen LogP contribution in [0.1, 0.15) is 32.3 Å². The second-order valence-electron chi connectivity index (χ2n) is 5.24. The first kappa shape index (κ1) is 18.5. The number of benzene rings is 1. The maximum absolute atomic E-state index is 11.9. The van der Waals surface area contributed by atoms with Gasteiger partial charge in [0.25, 0.3) is 0 Å². The Bertz CT molecular complexity index is 533. The van der Waals surface area contributed by atoms with Gasteiger partial charge in [-0.15, -0.1) is 0 Å². The number of aliphatic carboxylic acids is 1. The third kappa shape index (κ3) is 5.33. The zero-order chi connectivity index (χ0) is 16.7. The number of hydrogen-bond acceptors (Lipinski definition) is 3. The second-order valence-corrected chi connectivity index (χ2v) is 6.09. The summed E-state index contributed by atoms with van der Waals surface area (Å²) >= 11 is 3.40. The molecule has 122 valence electrons. The molecule has 0 aromatic heterocycles. The fourth-order valence-electron chi connectivity index (χ4n) is 2.05. The normalized spacial score (nSPS) is 13.3. The van der Waals surface area contributed by atoms with Gasteiger partial charge in [0.2, 0.25) is 5.91 Å². The van der Waals surface area contributed by atoms with E-state index in [1.165, 1.54) is 0 Å². The van der Waals surface area contributed by atoms with Crippen molar-refractivity contribution in [2.24, 2.45) is 5.92 Å². The Morgan fingerprint density at radius 3 is 2.59 bits per heavy atom. The van der Waals surface area contributed by atoms with Crippen LogP contribution in [-0.4, -0.2) is 30.1 Å². The Kier molecular flexibility index (Phi) is 7.38. The first-order chi connectivity index (χ1) is 10.4. The number of carbonyl (C=O) groups excluding carboxylic acids is 1. The van der Waals surface area contributed by atoms with Crippen molar-refractivity contribution in [2.75, 3.05) is 7.11 Å². The molecule has 0 aliphatic carbocycles. The summed E-state index contributed by atoms with van der Waals surface area (Å²) in [5.74, 6) is -0.609. The van der Waals surface area contributed by atoms with Crippen molar-refractivity contribution in [2.45, 2.75) is 39.2 Å². The molecule has 6 heteroatoms. The summed E-state index contributed by atoms with van der Waals surface area (Å²) in [4.78, 5) is 23.1. The summed E-state index contributed by atoms with van der Waals surface area (Å²) in [6.45, 7) is 3.72. The fraction of sp³-hybridized carbons (Fsp3) is 0.500. The van der Waals surface area contributed by atoms with Crippen molar-refractivity contribution < 1.29 is 19.4 Å².